The fourth-order valence-corrected chi connectivity index (χ4v) is 6.12. The van der Waals surface area contributed by atoms with Crippen molar-refractivity contribution in [2.45, 2.75) is 37.2 Å². The average molecular weight is 469 g/mol. The summed E-state index contributed by atoms with van der Waals surface area (Å²) in [6.45, 7) is 0. The van der Waals surface area contributed by atoms with E-state index in [1.807, 2.05) is 6.26 Å². The van der Waals surface area contributed by atoms with Crippen molar-refractivity contribution in [2.24, 2.45) is 24.6 Å². The van der Waals surface area contributed by atoms with Crippen molar-refractivity contribution >= 4 is 35.0 Å². The number of aliphatic hydroxyl groups is 1. The highest BCUT2D eigenvalue weighted by atomic mass is 35.5. The van der Waals surface area contributed by atoms with Gasteiger partial charge >= 0.3 is 0 Å². The molecule has 1 heterocycles. The number of amides is 1. The van der Waals surface area contributed by atoms with Gasteiger partial charge in [-0.05, 0) is 69.0 Å². The number of aromatic nitrogens is 2. The van der Waals surface area contributed by atoms with E-state index in [-0.39, 0.29) is 16.8 Å². The number of nitrogens with one attached hydrogen (secondary N) is 1. The normalized spacial score (nSPS) is 26.9. The Bertz CT molecular complexity index is 924. The number of aryl methyl sites for hydroxylation is 1. The van der Waals surface area contributed by atoms with Crippen LogP contribution in [0.3, 0.4) is 0 Å². The van der Waals surface area contributed by atoms with E-state index in [1.165, 1.54) is 25.2 Å². The van der Waals surface area contributed by atoms with Crippen LogP contribution in [0.4, 0.5) is 10.1 Å². The highest BCUT2D eigenvalue weighted by molar-refractivity contribution is 7.98. The minimum Gasteiger partial charge on any atom is -0.389 e. The van der Waals surface area contributed by atoms with Crippen LogP contribution in [0.2, 0.25) is 5.02 Å². The number of anilines is 1. The summed E-state index contributed by atoms with van der Waals surface area (Å²) in [4.78, 5) is 17.5. The summed E-state index contributed by atoms with van der Waals surface area (Å²) in [5.41, 5.74) is 5.72. The zero-order valence-electron chi connectivity index (χ0n) is 18.1. The lowest BCUT2D eigenvalue weighted by atomic mass is 9.93. The van der Waals surface area contributed by atoms with Crippen molar-refractivity contribution in [3.05, 3.63) is 46.8 Å². The molecule has 4 rings (SSSR count). The third kappa shape index (κ3) is 5.08. The molecule has 0 bridgehead atoms. The zero-order chi connectivity index (χ0) is 22.8. The zero-order valence-corrected chi connectivity index (χ0v) is 19.6. The maximum absolute atomic E-state index is 13.4. The molecule has 1 amide bonds. The molecular formula is C22H30ClFN4O2S. The van der Waals surface area contributed by atoms with Crippen LogP contribution in [0.5, 0.6) is 0 Å². The predicted molar refractivity (Wildman–Crippen MR) is 124 cm³/mol. The topological polar surface area (TPSA) is 93.2 Å². The van der Waals surface area contributed by atoms with Crippen molar-refractivity contribution in [3.8, 4) is 0 Å². The smallest absolute Gasteiger partial charge is 0.274 e. The van der Waals surface area contributed by atoms with Crippen LogP contribution in [0, 0.1) is 17.7 Å². The van der Waals surface area contributed by atoms with Crippen LogP contribution in [-0.4, -0.2) is 45.2 Å². The summed E-state index contributed by atoms with van der Waals surface area (Å²) in [6.07, 6.45) is 7.25. The maximum Gasteiger partial charge on any atom is 0.274 e. The first-order chi connectivity index (χ1) is 14.8. The molecule has 1 aromatic carbocycles. The van der Waals surface area contributed by atoms with Crippen molar-refractivity contribution < 1.29 is 14.3 Å². The van der Waals surface area contributed by atoms with Gasteiger partial charge in [0.15, 0.2) is 0 Å². The first kappa shape index (κ1) is 24.0. The lowest BCUT2D eigenvalue weighted by Gasteiger charge is -2.23. The van der Waals surface area contributed by atoms with Crippen molar-refractivity contribution in [1.29, 1.82) is 0 Å². The van der Waals surface area contributed by atoms with Gasteiger partial charge in [-0.15, -0.1) is 0 Å². The average Bonchev–Trinajstić information content (AvgIpc) is 3.37. The lowest BCUT2D eigenvalue weighted by Crippen LogP contribution is -2.29. The summed E-state index contributed by atoms with van der Waals surface area (Å²) < 4.78 is 15.1. The maximum atomic E-state index is 13.4. The third-order valence-electron chi connectivity index (χ3n) is 6.28. The van der Waals surface area contributed by atoms with E-state index in [4.69, 9.17) is 11.6 Å². The molecule has 2 saturated carbocycles. The second-order valence-corrected chi connectivity index (χ2v) is 9.70. The van der Waals surface area contributed by atoms with Gasteiger partial charge in [0.1, 0.15) is 11.5 Å². The molecule has 2 unspecified atom stereocenters. The van der Waals surface area contributed by atoms with Gasteiger partial charge in [-0.2, -0.15) is 11.8 Å². The number of carbonyl (C=O) groups excluding carboxylic acids is 1. The molecule has 2 aliphatic rings. The number of hydrogen-bond acceptors (Lipinski definition) is 5. The third-order valence-corrected chi connectivity index (χ3v) is 7.40. The van der Waals surface area contributed by atoms with Crippen LogP contribution < -0.4 is 11.1 Å². The van der Waals surface area contributed by atoms with Gasteiger partial charge in [-0.3, -0.25) is 4.79 Å². The Morgan fingerprint density at radius 3 is 2.61 bits per heavy atom. The first-order valence-corrected chi connectivity index (χ1v) is 12.1. The van der Waals surface area contributed by atoms with Crippen LogP contribution in [0.15, 0.2) is 24.5 Å². The van der Waals surface area contributed by atoms with Crippen LogP contribution in [0.25, 0.3) is 0 Å². The Kier molecular flexibility index (Phi) is 7.68. The second kappa shape index (κ2) is 9.90. The van der Waals surface area contributed by atoms with Crippen LogP contribution >= 0.6 is 23.4 Å². The highest BCUT2D eigenvalue weighted by Gasteiger charge is 2.49. The largest absolute Gasteiger partial charge is 0.389 e. The number of fused-ring (bicyclic) bond motifs is 1. The Morgan fingerprint density at radius 1 is 1.39 bits per heavy atom. The minimum atomic E-state index is -0.550. The van der Waals surface area contributed by atoms with E-state index in [9.17, 15) is 14.3 Å². The lowest BCUT2D eigenvalue weighted by molar-refractivity contribution is 0.0630. The number of thioether (sulfide) groups is 1. The Hall–Kier alpha value is -1.61. The minimum absolute atomic E-state index is 0.0330. The molecule has 2 aromatic rings. The summed E-state index contributed by atoms with van der Waals surface area (Å²) in [5, 5.41) is 13.5. The standard InChI is InChI=1S/C21H25ClFN3O2S.CH5N/c1-26-11-24-18(12-5-13-8-21(28,10-29-2)9-14(13)6-12)19(26)20(27)25-15-3-4-17(23)16(22)7-15;1-2/h3-4,7,11-14,28H,5-6,8-10H2,1-2H3,(H,25,27);2H2,1H3. The highest BCUT2D eigenvalue weighted by Crippen LogP contribution is 2.54. The monoisotopic (exact) mass is 468 g/mol. The van der Waals surface area contributed by atoms with Crippen molar-refractivity contribution in [2.75, 3.05) is 24.4 Å². The molecule has 2 atom stereocenters. The number of imidazole rings is 1. The van der Waals surface area contributed by atoms with Crippen LogP contribution in [0.1, 0.15) is 47.8 Å². The molecule has 9 heteroatoms. The van der Waals surface area contributed by atoms with Gasteiger partial charge in [-0.1, -0.05) is 11.6 Å². The van der Waals surface area contributed by atoms with Gasteiger partial charge in [0.05, 0.1) is 22.6 Å². The predicted octanol–water partition coefficient (Wildman–Crippen LogP) is 4.04. The summed E-state index contributed by atoms with van der Waals surface area (Å²) in [6, 6.07) is 4.12. The Morgan fingerprint density at radius 2 is 2.03 bits per heavy atom. The number of nitrogens with two attached hydrogens (primary N) is 1. The molecule has 2 aliphatic carbocycles. The van der Waals surface area contributed by atoms with Gasteiger partial charge < -0.3 is 20.7 Å². The number of rotatable bonds is 5. The molecule has 1 aromatic heterocycles. The fourth-order valence-electron chi connectivity index (χ4n) is 5.17. The SMILES string of the molecule is CN.CSCC1(O)CC2CC(c3ncn(C)c3C(=O)Nc3ccc(F)c(Cl)c3)CC2C1. The molecule has 0 saturated heterocycles. The van der Waals surface area contributed by atoms with E-state index >= 15 is 0 Å². The van der Waals surface area contributed by atoms with Crippen LogP contribution in [-0.2, 0) is 7.05 Å². The molecule has 0 radical (unpaired) electrons. The molecule has 4 N–H and O–H groups in total. The number of halogens is 2. The van der Waals surface area contributed by atoms with Crippen molar-refractivity contribution in [3.63, 3.8) is 0 Å². The first-order valence-electron chi connectivity index (χ1n) is 10.4. The number of carbonyl (C=O) groups is 1. The number of benzene rings is 1. The molecule has 170 valence electrons. The van der Waals surface area contributed by atoms with Gasteiger partial charge in [-0.25, -0.2) is 9.37 Å². The van der Waals surface area contributed by atoms with E-state index in [2.05, 4.69) is 16.0 Å². The van der Waals surface area contributed by atoms with E-state index in [1.54, 1.807) is 29.7 Å². The van der Waals surface area contributed by atoms with Gasteiger partial charge in [0.25, 0.3) is 5.91 Å². The Balaban J connectivity index is 0.00000132. The second-order valence-electron chi connectivity index (χ2n) is 8.43. The van der Waals surface area contributed by atoms with Gasteiger partial charge in [0.2, 0.25) is 0 Å². The van der Waals surface area contributed by atoms with Crippen molar-refractivity contribution in [1.82, 2.24) is 9.55 Å². The number of nitrogens with zero attached hydrogens (tertiary/aromatic N) is 2. The molecule has 0 aliphatic heterocycles. The quantitative estimate of drug-likeness (QED) is 0.615. The molecule has 6 nitrogen and oxygen atoms in total. The molecule has 2 fully saturated rings. The molecule has 31 heavy (non-hydrogen) atoms. The summed E-state index contributed by atoms with van der Waals surface area (Å²) in [7, 11) is 3.30. The molecular weight excluding hydrogens is 439 g/mol. The Labute approximate surface area is 191 Å². The summed E-state index contributed by atoms with van der Waals surface area (Å²) in [5.74, 6) is 1.14. The molecule has 0 spiro atoms. The summed E-state index contributed by atoms with van der Waals surface area (Å²) >= 11 is 7.52. The number of hydrogen-bond donors (Lipinski definition) is 3. The van der Waals surface area contributed by atoms with E-state index in [0.29, 0.717) is 23.2 Å². The van der Waals surface area contributed by atoms with E-state index in [0.717, 1.165) is 37.1 Å². The van der Waals surface area contributed by atoms with Gasteiger partial charge in [0, 0.05) is 24.4 Å². The van der Waals surface area contributed by atoms with E-state index < -0.39 is 11.4 Å². The fraction of sp³-hybridized carbons (Fsp3) is 0.545.